The Morgan fingerprint density at radius 3 is 2.30 bits per heavy atom. The van der Waals surface area contributed by atoms with E-state index >= 15 is 0 Å². The molecule has 1 saturated carbocycles. The highest BCUT2D eigenvalue weighted by atomic mass is 35.5. The van der Waals surface area contributed by atoms with Crippen molar-refractivity contribution in [3.63, 3.8) is 0 Å². The highest BCUT2D eigenvalue weighted by molar-refractivity contribution is 7.89. The van der Waals surface area contributed by atoms with Gasteiger partial charge in [0.25, 0.3) is 0 Å². The van der Waals surface area contributed by atoms with E-state index in [1.165, 1.54) is 18.2 Å². The number of oxime groups is 1. The lowest BCUT2D eigenvalue weighted by molar-refractivity contribution is -0.0213. The molecule has 8 rings (SSSR count). The van der Waals surface area contributed by atoms with Crippen molar-refractivity contribution >= 4 is 39.0 Å². The van der Waals surface area contributed by atoms with Gasteiger partial charge in [-0.05, 0) is 135 Å². The van der Waals surface area contributed by atoms with Gasteiger partial charge in [-0.1, -0.05) is 47.1 Å². The summed E-state index contributed by atoms with van der Waals surface area (Å²) in [7, 11) is 0.913. The second-order valence-corrected chi connectivity index (χ2v) is 19.9. The van der Waals surface area contributed by atoms with Crippen molar-refractivity contribution in [3.8, 4) is 17.2 Å². The summed E-state index contributed by atoms with van der Waals surface area (Å²) in [6, 6.07) is 26.9. The number of fused-ring (bicyclic) bond motifs is 3. The fourth-order valence-corrected chi connectivity index (χ4v) is 11.4. The third-order valence-electron chi connectivity index (χ3n) is 13.4. The minimum atomic E-state index is -3.72. The first-order valence-corrected chi connectivity index (χ1v) is 23.2. The van der Waals surface area contributed by atoms with Crippen LogP contribution in [0.25, 0.3) is 0 Å². The van der Waals surface area contributed by atoms with Crippen molar-refractivity contribution in [2.75, 3.05) is 45.9 Å². The molecule has 0 saturated heterocycles. The number of benzene rings is 4. The van der Waals surface area contributed by atoms with Gasteiger partial charge in [-0.15, -0.1) is 0 Å². The Labute approximate surface area is 365 Å². The summed E-state index contributed by atoms with van der Waals surface area (Å²) >= 11 is 6.48. The second kappa shape index (κ2) is 18.3. The molecule has 2 aliphatic heterocycles. The maximum atomic E-state index is 14.3. The number of hydrogen-bond acceptors (Lipinski definition) is 10. The average molecular weight is 871 g/mol. The zero-order valence-corrected chi connectivity index (χ0v) is 37.1. The molecule has 324 valence electrons. The topological polar surface area (TPSA) is 116 Å². The summed E-state index contributed by atoms with van der Waals surface area (Å²) in [6.45, 7) is 4.32. The van der Waals surface area contributed by atoms with Crippen molar-refractivity contribution in [3.05, 3.63) is 118 Å². The number of anilines is 1. The summed E-state index contributed by atoms with van der Waals surface area (Å²) in [5.74, 6) is 2.44. The third kappa shape index (κ3) is 9.22. The molecule has 2 heterocycles. The van der Waals surface area contributed by atoms with Gasteiger partial charge in [-0.25, -0.2) is 13.2 Å². The smallest absolute Gasteiger partial charge is 0.337 e. The maximum Gasteiger partial charge on any atom is 0.337 e. The summed E-state index contributed by atoms with van der Waals surface area (Å²) in [5.41, 5.74) is 6.38. The number of ether oxygens (including phenoxy) is 4. The van der Waals surface area contributed by atoms with Gasteiger partial charge in [0.05, 0.1) is 50.1 Å². The molecule has 0 bridgehead atoms. The molecule has 1 fully saturated rings. The summed E-state index contributed by atoms with van der Waals surface area (Å²) in [4.78, 5) is 21.3. The number of esters is 1. The Kier molecular flexibility index (Phi) is 12.9. The van der Waals surface area contributed by atoms with Crippen LogP contribution in [0.4, 0.5) is 5.69 Å². The van der Waals surface area contributed by atoms with Crippen molar-refractivity contribution in [2.45, 2.75) is 88.1 Å². The van der Waals surface area contributed by atoms with Gasteiger partial charge in [0.2, 0.25) is 10.0 Å². The maximum absolute atomic E-state index is 14.3. The van der Waals surface area contributed by atoms with E-state index in [1.807, 2.05) is 66.7 Å². The monoisotopic (exact) mass is 869 g/mol. The normalized spacial score (nSPS) is 22.5. The van der Waals surface area contributed by atoms with E-state index in [0.29, 0.717) is 48.8 Å². The van der Waals surface area contributed by atoms with Crippen LogP contribution in [-0.4, -0.2) is 76.8 Å². The minimum absolute atomic E-state index is 0.0714. The molecule has 0 aromatic heterocycles. The molecule has 5 atom stereocenters. The van der Waals surface area contributed by atoms with Crippen LogP contribution < -0.4 is 19.1 Å². The highest BCUT2D eigenvalue weighted by Crippen LogP contribution is 2.47. The first kappa shape index (κ1) is 42.9. The van der Waals surface area contributed by atoms with Gasteiger partial charge < -0.3 is 28.7 Å². The van der Waals surface area contributed by atoms with E-state index in [4.69, 9.17) is 35.4 Å². The number of aryl methyl sites for hydroxylation is 1. The quantitative estimate of drug-likeness (QED) is 0.108. The van der Waals surface area contributed by atoms with E-state index in [1.54, 1.807) is 31.5 Å². The average Bonchev–Trinajstić information content (AvgIpc) is 3.67. The number of nitrogens with zero attached hydrogens (tertiary/aromatic N) is 3. The number of carbonyl (C=O) groups excluding carboxylic acids is 1. The number of halogens is 1. The third-order valence-corrected chi connectivity index (χ3v) is 15.8. The lowest BCUT2D eigenvalue weighted by atomic mass is 9.68. The summed E-state index contributed by atoms with van der Waals surface area (Å²) in [5, 5.41) is 4.65. The van der Waals surface area contributed by atoms with Gasteiger partial charge in [0.15, 0.2) is 0 Å². The number of rotatable bonds is 15. The Bertz CT molecular complexity index is 2290. The van der Waals surface area contributed by atoms with Crippen LogP contribution in [0.1, 0.15) is 84.5 Å². The molecule has 61 heavy (non-hydrogen) atoms. The largest absolute Gasteiger partial charge is 0.497 e. The number of sulfonamides is 1. The van der Waals surface area contributed by atoms with Crippen LogP contribution in [0.5, 0.6) is 17.2 Å². The fraction of sp³-hybridized carbons (Fsp3) is 0.458. The van der Waals surface area contributed by atoms with Gasteiger partial charge in [-0.3, -0.25) is 0 Å². The van der Waals surface area contributed by atoms with E-state index in [9.17, 15) is 13.2 Å². The van der Waals surface area contributed by atoms with Crippen LogP contribution in [0.15, 0.2) is 90.1 Å². The van der Waals surface area contributed by atoms with E-state index in [0.717, 1.165) is 78.5 Å². The fourth-order valence-electron chi connectivity index (χ4n) is 9.66. The van der Waals surface area contributed by atoms with Gasteiger partial charge in [0.1, 0.15) is 23.4 Å². The van der Waals surface area contributed by atoms with Crippen molar-refractivity contribution in [2.24, 2.45) is 17.0 Å². The molecule has 11 nitrogen and oxygen atoms in total. The zero-order chi connectivity index (χ0) is 42.7. The Morgan fingerprint density at radius 2 is 1.66 bits per heavy atom. The lowest BCUT2D eigenvalue weighted by Gasteiger charge is -2.45. The van der Waals surface area contributed by atoms with Crippen LogP contribution >= 0.6 is 11.6 Å². The van der Waals surface area contributed by atoms with Gasteiger partial charge in [-0.2, -0.15) is 4.31 Å². The van der Waals surface area contributed by atoms with Crippen LogP contribution in [0, 0.1) is 11.8 Å². The highest BCUT2D eigenvalue weighted by Gasteiger charge is 2.46. The van der Waals surface area contributed by atoms with Crippen LogP contribution in [-0.2, 0) is 44.5 Å². The van der Waals surface area contributed by atoms with E-state index in [-0.39, 0.29) is 36.5 Å². The first-order valence-electron chi connectivity index (χ1n) is 21.3. The summed E-state index contributed by atoms with van der Waals surface area (Å²) < 4.78 is 52.6. The molecule has 1 spiro atoms. The number of methoxy groups -OCH3 is 3. The van der Waals surface area contributed by atoms with Gasteiger partial charge >= 0.3 is 5.97 Å². The molecule has 1 unspecified atom stereocenters. The second-order valence-electron chi connectivity index (χ2n) is 17.1. The van der Waals surface area contributed by atoms with Gasteiger partial charge in [0, 0.05) is 49.0 Å². The number of carbonyl (C=O) groups is 1. The molecule has 4 aromatic carbocycles. The lowest BCUT2D eigenvalue weighted by Crippen LogP contribution is -2.49. The van der Waals surface area contributed by atoms with Crippen molar-refractivity contribution in [1.29, 1.82) is 0 Å². The molecule has 0 N–H and O–H groups in total. The molecule has 2 aliphatic carbocycles. The predicted octanol–water partition coefficient (Wildman–Crippen LogP) is 8.99. The Balaban J connectivity index is 0.939. The summed E-state index contributed by atoms with van der Waals surface area (Å²) in [6.07, 6.45) is 6.66. The zero-order valence-electron chi connectivity index (χ0n) is 35.5. The Hall–Kier alpha value is -4.78. The molecule has 4 aromatic rings. The first-order chi connectivity index (χ1) is 29.5. The predicted molar refractivity (Wildman–Crippen MR) is 238 cm³/mol. The standard InChI is InChI=1S/C48H56ClN3O8S/c1-32(61(54,55)52(27-33-8-16-40(56-2)17-9-33)28-34-10-18-41(57-3)19-11-34)7-15-39-26-46(60-50-39)42-20-12-37(42)29-51-30-48(23-5-6-35-24-38(49)14-21-43(35)48)31-59-45-22-13-36(25-44(45)51)47(53)58-4/h8-11,13-14,16-19,21-22,24-25,32,37,42,46H,5-7,12,15,20,23,26-31H2,1-4H3/t32?,37-,42+,46-,48-/m0/s1. The molecular weight excluding hydrogens is 814 g/mol. The van der Waals surface area contributed by atoms with E-state index in [2.05, 4.69) is 22.2 Å². The van der Waals surface area contributed by atoms with Crippen molar-refractivity contribution < 1.29 is 37.0 Å². The van der Waals surface area contributed by atoms with Crippen LogP contribution in [0.3, 0.4) is 0 Å². The SMILES string of the molecule is COC(=O)c1ccc2c(c1)N(C[C@@H]1CC[C@H]1[C@@H]1CC(CCC(C)S(=O)(=O)N(Cc3ccc(OC)cc3)Cc3ccc(OC)cc3)=NO1)C[C@@]1(CCCc3cc(Cl)ccc31)CO2. The van der Waals surface area contributed by atoms with Crippen molar-refractivity contribution in [1.82, 2.24) is 4.31 Å². The van der Waals surface area contributed by atoms with Crippen LogP contribution in [0.2, 0.25) is 5.02 Å². The minimum Gasteiger partial charge on any atom is -0.497 e. The molecule has 0 amide bonds. The molecule has 13 heteroatoms. The Morgan fingerprint density at radius 1 is 0.951 bits per heavy atom. The molecular formula is C48H56ClN3O8S. The molecule has 4 aliphatic rings. The number of hydrogen-bond donors (Lipinski definition) is 0. The van der Waals surface area contributed by atoms with E-state index < -0.39 is 15.3 Å². The molecule has 0 radical (unpaired) electrons.